The number of non-ortho nitro benzene ring substituents is 1. The highest BCUT2D eigenvalue weighted by Crippen LogP contribution is 2.30. The first-order chi connectivity index (χ1) is 13.3. The van der Waals surface area contributed by atoms with Crippen LogP contribution in [-0.2, 0) is 14.4 Å². The minimum absolute atomic E-state index is 0.0774. The van der Waals surface area contributed by atoms with Crippen LogP contribution >= 0.6 is 0 Å². The first-order valence-corrected chi connectivity index (χ1v) is 8.24. The van der Waals surface area contributed by atoms with Crippen LogP contribution in [0.2, 0.25) is 0 Å². The molecule has 0 saturated carbocycles. The van der Waals surface area contributed by atoms with Crippen molar-refractivity contribution in [1.29, 1.82) is 0 Å². The highest BCUT2D eigenvalue weighted by atomic mass is 16.6. The van der Waals surface area contributed by atoms with E-state index >= 15 is 0 Å². The van der Waals surface area contributed by atoms with Crippen molar-refractivity contribution in [3.8, 4) is 0 Å². The molecule has 0 atom stereocenters. The van der Waals surface area contributed by atoms with Gasteiger partial charge in [-0.1, -0.05) is 0 Å². The number of rotatable bonds is 5. The molecule has 0 radical (unpaired) electrons. The molecule has 9 nitrogen and oxygen atoms in total. The molecule has 28 heavy (non-hydrogen) atoms. The van der Waals surface area contributed by atoms with Gasteiger partial charge in [0.1, 0.15) is 5.70 Å². The number of anilines is 2. The predicted octanol–water partition coefficient (Wildman–Crippen LogP) is 2.38. The first-order valence-electron chi connectivity index (χ1n) is 8.24. The Bertz CT molecular complexity index is 1010. The van der Waals surface area contributed by atoms with Gasteiger partial charge in [-0.2, -0.15) is 0 Å². The number of carbonyl (C=O) groups is 3. The molecule has 1 heterocycles. The van der Waals surface area contributed by atoms with E-state index in [-0.39, 0.29) is 22.9 Å². The Hall–Kier alpha value is -4.01. The van der Waals surface area contributed by atoms with Crippen LogP contribution in [0.4, 0.5) is 17.1 Å². The van der Waals surface area contributed by atoms with Crippen molar-refractivity contribution >= 4 is 40.4 Å². The third-order valence-corrected chi connectivity index (χ3v) is 4.13. The third kappa shape index (κ3) is 3.58. The smallest absolute Gasteiger partial charge is 0.277 e. The lowest BCUT2D eigenvalue weighted by Gasteiger charge is -2.10. The van der Waals surface area contributed by atoms with Gasteiger partial charge in [0.2, 0.25) is 5.91 Å². The summed E-state index contributed by atoms with van der Waals surface area (Å²) >= 11 is 0. The number of nitro benzene ring substituents is 1. The van der Waals surface area contributed by atoms with Crippen LogP contribution in [-0.4, -0.2) is 34.6 Å². The number of hydrogen-bond acceptors (Lipinski definition) is 6. The molecule has 1 aliphatic heterocycles. The quantitative estimate of drug-likeness (QED) is 0.467. The van der Waals surface area contributed by atoms with E-state index in [2.05, 4.69) is 10.6 Å². The van der Waals surface area contributed by atoms with Gasteiger partial charge in [-0.05, 0) is 42.0 Å². The van der Waals surface area contributed by atoms with Gasteiger partial charge in [-0.15, -0.1) is 0 Å². The molecule has 0 spiro atoms. The Morgan fingerprint density at radius 3 is 2.07 bits per heavy atom. The van der Waals surface area contributed by atoms with Crippen LogP contribution in [0.5, 0.6) is 0 Å². The number of likely N-dealkylation sites (N-methyl/N-ethyl adjacent to an activating group) is 1. The average Bonchev–Trinajstić information content (AvgIpc) is 2.87. The number of nitrogens with one attached hydrogen (secondary N) is 2. The second-order valence-electron chi connectivity index (χ2n) is 6.11. The number of nitrogens with zero attached hydrogens (tertiary/aromatic N) is 2. The van der Waals surface area contributed by atoms with Crippen LogP contribution < -0.4 is 10.6 Å². The molecule has 0 aliphatic carbocycles. The van der Waals surface area contributed by atoms with Crippen LogP contribution in [0.3, 0.4) is 0 Å². The van der Waals surface area contributed by atoms with Crippen molar-refractivity contribution in [3.05, 3.63) is 69.9 Å². The van der Waals surface area contributed by atoms with E-state index in [1.807, 2.05) is 0 Å². The molecule has 0 bridgehead atoms. The number of benzene rings is 2. The maximum atomic E-state index is 12.5. The second-order valence-corrected chi connectivity index (χ2v) is 6.11. The largest absolute Gasteiger partial charge is 0.350 e. The highest BCUT2D eigenvalue weighted by Gasteiger charge is 2.36. The van der Waals surface area contributed by atoms with E-state index in [1.165, 1.54) is 38.2 Å². The summed E-state index contributed by atoms with van der Waals surface area (Å²) in [5.41, 5.74) is 1.62. The van der Waals surface area contributed by atoms with Crippen LogP contribution in [0, 0.1) is 10.1 Å². The van der Waals surface area contributed by atoms with Crippen LogP contribution in [0.15, 0.2) is 54.2 Å². The van der Waals surface area contributed by atoms with E-state index in [1.54, 1.807) is 24.3 Å². The summed E-state index contributed by atoms with van der Waals surface area (Å²) < 4.78 is 0. The molecule has 0 aromatic heterocycles. The SMILES string of the molecule is CC(=O)Nc1ccc(NC2=C(c3ccc([N+](=O)[O-])cc3)C(=O)N(C)C2=O)cc1. The summed E-state index contributed by atoms with van der Waals surface area (Å²) in [7, 11) is 1.37. The highest BCUT2D eigenvalue weighted by molar-refractivity contribution is 6.36. The summed E-state index contributed by atoms with van der Waals surface area (Å²) in [4.78, 5) is 47.4. The zero-order chi connectivity index (χ0) is 20.4. The van der Waals surface area contributed by atoms with Gasteiger partial charge in [-0.25, -0.2) is 0 Å². The van der Waals surface area contributed by atoms with Crippen molar-refractivity contribution in [2.24, 2.45) is 0 Å². The zero-order valence-electron chi connectivity index (χ0n) is 15.1. The van der Waals surface area contributed by atoms with Gasteiger partial charge >= 0.3 is 0 Å². The number of hydrogen-bond donors (Lipinski definition) is 2. The van der Waals surface area contributed by atoms with E-state index in [0.29, 0.717) is 16.9 Å². The fourth-order valence-corrected chi connectivity index (χ4v) is 2.76. The minimum Gasteiger partial charge on any atom is -0.350 e. The standard InChI is InChI=1S/C19H16N4O5/c1-11(24)20-13-5-7-14(8-6-13)21-17-16(18(25)22(2)19(17)26)12-3-9-15(10-4-12)23(27)28/h3-10,21H,1-2H3,(H,20,24). The maximum absolute atomic E-state index is 12.5. The number of nitro groups is 1. The summed E-state index contributed by atoms with van der Waals surface area (Å²) in [6, 6.07) is 12.0. The molecule has 9 heteroatoms. The lowest BCUT2D eigenvalue weighted by molar-refractivity contribution is -0.384. The molecular weight excluding hydrogens is 364 g/mol. The maximum Gasteiger partial charge on any atom is 0.277 e. The summed E-state index contributed by atoms with van der Waals surface area (Å²) in [6.45, 7) is 1.39. The van der Waals surface area contributed by atoms with Crippen molar-refractivity contribution in [2.75, 3.05) is 17.7 Å². The van der Waals surface area contributed by atoms with Crippen LogP contribution in [0.25, 0.3) is 5.57 Å². The second kappa shape index (κ2) is 7.31. The molecule has 0 unspecified atom stereocenters. The molecule has 142 valence electrons. The van der Waals surface area contributed by atoms with Gasteiger partial charge in [0.25, 0.3) is 17.5 Å². The minimum atomic E-state index is -0.540. The van der Waals surface area contributed by atoms with E-state index in [9.17, 15) is 24.5 Å². The monoisotopic (exact) mass is 380 g/mol. The van der Waals surface area contributed by atoms with Gasteiger partial charge in [0.15, 0.2) is 0 Å². The van der Waals surface area contributed by atoms with Crippen molar-refractivity contribution in [3.63, 3.8) is 0 Å². The number of amides is 3. The molecule has 1 aliphatic rings. The molecule has 3 amide bonds. The molecule has 2 aromatic carbocycles. The number of carbonyl (C=O) groups excluding carboxylic acids is 3. The Labute approximate surface area is 159 Å². The van der Waals surface area contributed by atoms with Crippen molar-refractivity contribution in [1.82, 2.24) is 4.90 Å². The summed E-state index contributed by atoms with van der Waals surface area (Å²) in [6.07, 6.45) is 0. The zero-order valence-corrected chi connectivity index (χ0v) is 15.1. The van der Waals surface area contributed by atoms with E-state index in [4.69, 9.17) is 0 Å². The summed E-state index contributed by atoms with van der Waals surface area (Å²) in [5, 5.41) is 16.4. The molecular formula is C19H16N4O5. The van der Waals surface area contributed by atoms with Gasteiger partial charge in [0.05, 0.1) is 10.5 Å². The normalized spacial score (nSPS) is 13.7. The van der Waals surface area contributed by atoms with Gasteiger partial charge < -0.3 is 10.6 Å². The molecule has 0 saturated heterocycles. The molecule has 0 fully saturated rings. The Kier molecular flexibility index (Phi) is 4.90. The number of imide groups is 1. The first kappa shape index (κ1) is 18.8. The van der Waals surface area contributed by atoms with Crippen LogP contribution in [0.1, 0.15) is 12.5 Å². The average molecular weight is 380 g/mol. The van der Waals surface area contributed by atoms with Gasteiger partial charge in [0, 0.05) is 37.5 Å². The molecule has 2 N–H and O–H groups in total. The Balaban J connectivity index is 1.96. The lowest BCUT2D eigenvalue weighted by atomic mass is 10.0. The summed E-state index contributed by atoms with van der Waals surface area (Å²) in [5.74, 6) is -1.22. The third-order valence-electron chi connectivity index (χ3n) is 4.13. The predicted molar refractivity (Wildman–Crippen MR) is 102 cm³/mol. The van der Waals surface area contributed by atoms with Crippen molar-refractivity contribution < 1.29 is 19.3 Å². The fraction of sp³-hybridized carbons (Fsp3) is 0.105. The van der Waals surface area contributed by atoms with Gasteiger partial charge in [-0.3, -0.25) is 29.4 Å². The lowest BCUT2D eigenvalue weighted by Crippen LogP contribution is -2.27. The Morgan fingerprint density at radius 2 is 1.54 bits per heavy atom. The molecule has 3 rings (SSSR count). The topological polar surface area (TPSA) is 122 Å². The fourth-order valence-electron chi connectivity index (χ4n) is 2.76. The van der Waals surface area contributed by atoms with Crippen molar-refractivity contribution in [2.45, 2.75) is 6.92 Å². The molecule has 2 aromatic rings. The van der Waals surface area contributed by atoms with E-state index < -0.39 is 16.7 Å². The van der Waals surface area contributed by atoms with E-state index in [0.717, 1.165) is 4.90 Å². The Morgan fingerprint density at radius 1 is 0.964 bits per heavy atom.